The number of benzene rings is 2. The monoisotopic (exact) mass is 385 g/mol. The van der Waals surface area contributed by atoms with Gasteiger partial charge in [-0.3, -0.25) is 9.78 Å². The molecule has 3 rings (SSSR count). The molecule has 3 aromatic rings. The van der Waals surface area contributed by atoms with Crippen molar-refractivity contribution in [1.29, 1.82) is 0 Å². The number of amides is 1. The van der Waals surface area contributed by atoms with Gasteiger partial charge in [-0.2, -0.15) is 0 Å². The Bertz CT molecular complexity index is 916. The Kier molecular flexibility index (Phi) is 5.76. The molecule has 0 saturated heterocycles. The predicted octanol–water partition coefficient (Wildman–Crippen LogP) is 5.80. The summed E-state index contributed by atoms with van der Waals surface area (Å²) < 4.78 is 0. The van der Waals surface area contributed by atoms with Crippen molar-refractivity contribution in [2.24, 2.45) is 0 Å². The molecule has 0 saturated carbocycles. The molecule has 1 aromatic heterocycles. The van der Waals surface area contributed by atoms with Gasteiger partial charge in [-0.1, -0.05) is 47.5 Å². The number of halogens is 2. The van der Waals surface area contributed by atoms with E-state index in [-0.39, 0.29) is 5.91 Å². The summed E-state index contributed by atoms with van der Waals surface area (Å²) in [7, 11) is 0. The minimum absolute atomic E-state index is 0.118. The van der Waals surface area contributed by atoms with Crippen LogP contribution >= 0.6 is 23.2 Å². The van der Waals surface area contributed by atoms with E-state index in [0.29, 0.717) is 33.5 Å². The molecule has 0 spiro atoms. The van der Waals surface area contributed by atoms with E-state index in [1.807, 2.05) is 43.3 Å². The third kappa shape index (κ3) is 3.98. The van der Waals surface area contributed by atoms with Gasteiger partial charge in [0.05, 0.1) is 33.2 Å². The summed E-state index contributed by atoms with van der Waals surface area (Å²) in [6.45, 7) is 2.49. The third-order valence-corrected chi connectivity index (χ3v) is 4.66. The first-order valence-corrected chi connectivity index (χ1v) is 8.88. The van der Waals surface area contributed by atoms with Gasteiger partial charge in [0.2, 0.25) is 0 Å². The van der Waals surface area contributed by atoms with Crippen molar-refractivity contribution >= 4 is 46.2 Å². The normalized spacial score (nSPS) is 10.4. The summed E-state index contributed by atoms with van der Waals surface area (Å²) in [5, 5.41) is 4.03. The molecule has 1 heterocycles. The summed E-state index contributed by atoms with van der Waals surface area (Å²) in [6.07, 6.45) is 3.19. The van der Waals surface area contributed by atoms with E-state index >= 15 is 0 Å². The van der Waals surface area contributed by atoms with Gasteiger partial charge < -0.3 is 10.2 Å². The number of anilines is 3. The van der Waals surface area contributed by atoms with Crippen molar-refractivity contribution in [1.82, 2.24) is 4.98 Å². The van der Waals surface area contributed by atoms with Crippen molar-refractivity contribution in [2.45, 2.75) is 6.92 Å². The lowest BCUT2D eigenvalue weighted by molar-refractivity contribution is 0.0988. The Morgan fingerprint density at radius 2 is 1.85 bits per heavy atom. The number of nitrogens with one attached hydrogen (secondary N) is 1. The Hall–Kier alpha value is -2.56. The highest BCUT2D eigenvalue weighted by Gasteiger charge is 2.17. The number of carbonyl (C=O) groups is 1. The highest BCUT2D eigenvalue weighted by Crippen LogP contribution is 2.31. The smallest absolute Gasteiger partial charge is 0.259 e. The molecule has 6 heteroatoms. The molecule has 26 heavy (non-hydrogen) atoms. The first kappa shape index (κ1) is 18.2. The van der Waals surface area contributed by atoms with Gasteiger partial charge >= 0.3 is 0 Å². The average molecular weight is 386 g/mol. The molecular weight excluding hydrogens is 369 g/mol. The number of pyridine rings is 1. The average Bonchev–Trinajstić information content (AvgIpc) is 2.67. The van der Waals surface area contributed by atoms with Crippen LogP contribution in [0.1, 0.15) is 17.3 Å². The lowest BCUT2D eigenvalue weighted by atomic mass is 10.2. The fourth-order valence-electron chi connectivity index (χ4n) is 2.59. The SMILES string of the molecule is CCN(C(=O)c1cncc(Nc2cccc(Cl)c2Cl)c1)c1ccccc1. The fourth-order valence-corrected chi connectivity index (χ4v) is 2.94. The van der Waals surface area contributed by atoms with Gasteiger partial charge in [-0.25, -0.2) is 0 Å². The predicted molar refractivity (Wildman–Crippen MR) is 108 cm³/mol. The highest BCUT2D eigenvalue weighted by molar-refractivity contribution is 6.43. The largest absolute Gasteiger partial charge is 0.353 e. The number of hydrogen-bond donors (Lipinski definition) is 1. The van der Waals surface area contributed by atoms with Crippen LogP contribution in [-0.4, -0.2) is 17.4 Å². The molecule has 0 fully saturated rings. The first-order chi connectivity index (χ1) is 12.6. The molecule has 0 aliphatic heterocycles. The van der Waals surface area contributed by atoms with E-state index in [0.717, 1.165) is 5.69 Å². The van der Waals surface area contributed by atoms with Crippen LogP contribution in [0.25, 0.3) is 0 Å². The van der Waals surface area contributed by atoms with E-state index in [1.54, 1.807) is 35.5 Å². The number of hydrogen-bond acceptors (Lipinski definition) is 3. The molecule has 132 valence electrons. The quantitative estimate of drug-likeness (QED) is 0.603. The number of para-hydroxylation sites is 1. The molecule has 0 atom stereocenters. The van der Waals surface area contributed by atoms with Gasteiger partial charge in [-0.15, -0.1) is 0 Å². The second kappa shape index (κ2) is 8.21. The van der Waals surface area contributed by atoms with E-state index in [1.165, 1.54) is 0 Å². The van der Waals surface area contributed by atoms with E-state index < -0.39 is 0 Å². The summed E-state index contributed by atoms with van der Waals surface area (Å²) in [5.74, 6) is -0.118. The Morgan fingerprint density at radius 1 is 1.08 bits per heavy atom. The summed E-state index contributed by atoms with van der Waals surface area (Å²) in [6, 6.07) is 16.6. The van der Waals surface area contributed by atoms with Gasteiger partial charge in [0, 0.05) is 18.4 Å². The number of nitrogens with zero attached hydrogens (tertiary/aromatic N) is 2. The van der Waals surface area contributed by atoms with Crippen LogP contribution in [0.5, 0.6) is 0 Å². The maximum absolute atomic E-state index is 12.9. The highest BCUT2D eigenvalue weighted by atomic mass is 35.5. The van der Waals surface area contributed by atoms with Crippen LogP contribution in [0.4, 0.5) is 17.1 Å². The van der Waals surface area contributed by atoms with Gasteiger partial charge in [0.1, 0.15) is 0 Å². The third-order valence-electron chi connectivity index (χ3n) is 3.85. The van der Waals surface area contributed by atoms with E-state index in [2.05, 4.69) is 10.3 Å². The number of aromatic nitrogens is 1. The molecule has 0 aliphatic carbocycles. The van der Waals surface area contributed by atoms with Crippen LogP contribution in [0.15, 0.2) is 67.0 Å². The van der Waals surface area contributed by atoms with E-state index in [4.69, 9.17) is 23.2 Å². The molecule has 0 bridgehead atoms. The molecule has 1 amide bonds. The zero-order valence-corrected chi connectivity index (χ0v) is 15.6. The lowest BCUT2D eigenvalue weighted by Gasteiger charge is -2.21. The van der Waals surface area contributed by atoms with Crippen LogP contribution < -0.4 is 10.2 Å². The standard InChI is InChI=1S/C20H17Cl2N3O/c1-2-25(16-7-4-3-5-8-16)20(26)14-11-15(13-23-12-14)24-18-10-6-9-17(21)19(18)22/h3-13,24H,2H2,1H3. The van der Waals surface area contributed by atoms with Gasteiger partial charge in [-0.05, 0) is 37.3 Å². The second-order valence-electron chi connectivity index (χ2n) is 5.57. The lowest BCUT2D eigenvalue weighted by Crippen LogP contribution is -2.30. The van der Waals surface area contributed by atoms with Gasteiger partial charge in [0.25, 0.3) is 5.91 Å². The molecule has 4 nitrogen and oxygen atoms in total. The molecule has 1 N–H and O–H groups in total. The molecule has 0 radical (unpaired) electrons. The van der Waals surface area contributed by atoms with E-state index in [9.17, 15) is 4.79 Å². The van der Waals surface area contributed by atoms with Crippen LogP contribution in [0, 0.1) is 0 Å². The Balaban J connectivity index is 1.86. The zero-order chi connectivity index (χ0) is 18.5. The first-order valence-electron chi connectivity index (χ1n) is 8.13. The van der Waals surface area contributed by atoms with Crippen LogP contribution in [0.2, 0.25) is 10.0 Å². The second-order valence-corrected chi connectivity index (χ2v) is 6.36. The molecule has 0 aliphatic rings. The van der Waals surface area contributed by atoms with Crippen molar-refractivity contribution in [3.8, 4) is 0 Å². The molecule has 2 aromatic carbocycles. The van der Waals surface area contributed by atoms with Crippen LogP contribution in [-0.2, 0) is 0 Å². The van der Waals surface area contributed by atoms with Gasteiger partial charge in [0.15, 0.2) is 0 Å². The number of carbonyl (C=O) groups excluding carboxylic acids is 1. The van der Waals surface area contributed by atoms with Crippen molar-refractivity contribution in [3.63, 3.8) is 0 Å². The maximum Gasteiger partial charge on any atom is 0.259 e. The maximum atomic E-state index is 12.9. The minimum atomic E-state index is -0.118. The number of rotatable bonds is 5. The Labute approximate surface area is 162 Å². The topological polar surface area (TPSA) is 45.2 Å². The Morgan fingerprint density at radius 3 is 2.58 bits per heavy atom. The van der Waals surface area contributed by atoms with Crippen molar-refractivity contribution < 1.29 is 4.79 Å². The van der Waals surface area contributed by atoms with Crippen molar-refractivity contribution in [3.05, 3.63) is 82.6 Å². The van der Waals surface area contributed by atoms with Crippen molar-refractivity contribution in [2.75, 3.05) is 16.8 Å². The summed E-state index contributed by atoms with van der Waals surface area (Å²) in [4.78, 5) is 18.8. The summed E-state index contributed by atoms with van der Waals surface area (Å²) >= 11 is 12.2. The fraction of sp³-hybridized carbons (Fsp3) is 0.100. The zero-order valence-electron chi connectivity index (χ0n) is 14.1. The van der Waals surface area contributed by atoms with Crippen LogP contribution in [0.3, 0.4) is 0 Å². The molecular formula is C20H17Cl2N3O. The minimum Gasteiger partial charge on any atom is -0.353 e. The summed E-state index contributed by atoms with van der Waals surface area (Å²) in [5.41, 5.74) is 2.64. The molecule has 0 unspecified atom stereocenters.